The second-order valence-electron chi connectivity index (χ2n) is 6.84. The zero-order valence-corrected chi connectivity index (χ0v) is 17.9. The minimum Gasteiger partial charge on any atom is -0.497 e. The molecule has 152 valence electrons. The molecule has 6 heteroatoms. The van der Waals surface area contributed by atoms with E-state index in [1.807, 2.05) is 25.1 Å². The molecule has 4 rings (SSSR count). The van der Waals surface area contributed by atoms with Gasteiger partial charge in [-0.25, -0.2) is 0 Å². The molecule has 0 spiro atoms. The molecular formula is C24H18Cl2O4. The van der Waals surface area contributed by atoms with Crippen molar-refractivity contribution in [1.29, 1.82) is 0 Å². The highest BCUT2D eigenvalue weighted by molar-refractivity contribution is 6.35. The zero-order valence-electron chi connectivity index (χ0n) is 16.4. The van der Waals surface area contributed by atoms with E-state index in [9.17, 15) is 4.79 Å². The molecule has 4 aromatic rings. The Labute approximate surface area is 183 Å². The molecule has 0 N–H and O–H groups in total. The summed E-state index contributed by atoms with van der Waals surface area (Å²) < 4.78 is 17.3. The molecule has 0 bridgehead atoms. The first-order valence-electron chi connectivity index (χ1n) is 9.25. The van der Waals surface area contributed by atoms with E-state index in [4.69, 9.17) is 37.1 Å². The molecule has 4 nitrogen and oxygen atoms in total. The topological polar surface area (TPSA) is 48.7 Å². The van der Waals surface area contributed by atoms with Gasteiger partial charge in [0.25, 0.3) is 0 Å². The maximum atomic E-state index is 13.3. The minimum atomic E-state index is -0.240. The van der Waals surface area contributed by atoms with Crippen molar-refractivity contribution in [3.05, 3.63) is 92.1 Å². The molecule has 0 unspecified atom stereocenters. The van der Waals surface area contributed by atoms with Gasteiger partial charge in [-0.1, -0.05) is 40.9 Å². The van der Waals surface area contributed by atoms with Crippen molar-refractivity contribution in [3.63, 3.8) is 0 Å². The lowest BCUT2D eigenvalue weighted by atomic mass is 10.1. The molecule has 0 saturated carbocycles. The van der Waals surface area contributed by atoms with E-state index >= 15 is 0 Å². The Hall–Kier alpha value is -2.95. The third-order valence-electron chi connectivity index (χ3n) is 4.74. The highest BCUT2D eigenvalue weighted by Gasteiger charge is 2.18. The molecule has 0 atom stereocenters. The molecule has 0 aliphatic heterocycles. The van der Waals surface area contributed by atoms with E-state index in [1.54, 1.807) is 49.6 Å². The van der Waals surface area contributed by atoms with Crippen LogP contribution in [0.1, 0.15) is 11.1 Å². The Kier molecular flexibility index (Phi) is 5.71. The number of fused-ring (bicyclic) bond motifs is 1. The molecular weight excluding hydrogens is 423 g/mol. The van der Waals surface area contributed by atoms with Crippen molar-refractivity contribution < 1.29 is 13.9 Å². The Morgan fingerprint density at radius 3 is 2.43 bits per heavy atom. The van der Waals surface area contributed by atoms with Gasteiger partial charge >= 0.3 is 0 Å². The van der Waals surface area contributed by atoms with Crippen molar-refractivity contribution in [1.82, 2.24) is 0 Å². The summed E-state index contributed by atoms with van der Waals surface area (Å²) in [5, 5.41) is 1.46. The van der Waals surface area contributed by atoms with Gasteiger partial charge in [-0.2, -0.15) is 0 Å². The molecule has 0 radical (unpaired) electrons. The Bertz CT molecular complexity index is 1280. The van der Waals surface area contributed by atoms with Crippen LogP contribution in [0.4, 0.5) is 0 Å². The predicted molar refractivity (Wildman–Crippen MR) is 120 cm³/mol. The monoisotopic (exact) mass is 440 g/mol. The maximum Gasteiger partial charge on any atom is 0.235 e. The van der Waals surface area contributed by atoms with Crippen molar-refractivity contribution >= 4 is 34.2 Å². The van der Waals surface area contributed by atoms with Crippen molar-refractivity contribution in [2.45, 2.75) is 13.5 Å². The molecule has 0 fully saturated rings. The molecule has 0 aliphatic rings. The van der Waals surface area contributed by atoms with E-state index in [-0.39, 0.29) is 17.8 Å². The number of benzene rings is 3. The predicted octanol–water partition coefficient (Wildman–Crippen LogP) is 6.66. The van der Waals surface area contributed by atoms with Gasteiger partial charge in [0.1, 0.15) is 17.9 Å². The summed E-state index contributed by atoms with van der Waals surface area (Å²) in [5.74, 6) is 1.18. The lowest BCUT2D eigenvalue weighted by molar-refractivity contribution is 0.298. The van der Waals surface area contributed by atoms with Crippen LogP contribution in [0.3, 0.4) is 0 Å². The van der Waals surface area contributed by atoms with Crippen molar-refractivity contribution in [3.8, 4) is 22.8 Å². The van der Waals surface area contributed by atoms with Crippen LogP contribution in [-0.2, 0) is 6.61 Å². The smallest absolute Gasteiger partial charge is 0.235 e. The van der Waals surface area contributed by atoms with Gasteiger partial charge in [0.05, 0.1) is 12.5 Å². The minimum absolute atomic E-state index is 0.0985. The second kappa shape index (κ2) is 8.42. The first kappa shape index (κ1) is 20.3. The Balaban J connectivity index is 1.83. The number of hydrogen-bond acceptors (Lipinski definition) is 4. The van der Waals surface area contributed by atoms with E-state index in [2.05, 4.69) is 0 Å². The number of hydrogen-bond donors (Lipinski definition) is 0. The highest BCUT2D eigenvalue weighted by Crippen LogP contribution is 2.33. The molecule has 1 aromatic heterocycles. The molecule has 0 amide bonds. The van der Waals surface area contributed by atoms with Crippen LogP contribution in [0.25, 0.3) is 22.3 Å². The van der Waals surface area contributed by atoms with Gasteiger partial charge in [0.2, 0.25) is 11.2 Å². The lowest BCUT2D eigenvalue weighted by Crippen LogP contribution is -2.10. The van der Waals surface area contributed by atoms with Crippen LogP contribution in [-0.4, -0.2) is 7.11 Å². The number of halogens is 2. The number of ether oxygens (including phenoxy) is 2. The fourth-order valence-corrected chi connectivity index (χ4v) is 3.61. The average molecular weight is 441 g/mol. The largest absolute Gasteiger partial charge is 0.497 e. The summed E-state index contributed by atoms with van der Waals surface area (Å²) in [6.45, 7) is 2.02. The normalized spacial score (nSPS) is 10.9. The summed E-state index contributed by atoms with van der Waals surface area (Å²) >= 11 is 12.2. The highest BCUT2D eigenvalue weighted by atomic mass is 35.5. The van der Waals surface area contributed by atoms with Gasteiger partial charge in [-0.15, -0.1) is 0 Å². The average Bonchev–Trinajstić information content (AvgIpc) is 2.74. The van der Waals surface area contributed by atoms with Gasteiger partial charge in [-0.05, 0) is 55.5 Å². The Morgan fingerprint density at radius 2 is 1.73 bits per heavy atom. The zero-order chi connectivity index (χ0) is 21.3. The summed E-state index contributed by atoms with van der Waals surface area (Å²) in [4.78, 5) is 13.3. The number of aryl methyl sites for hydroxylation is 1. The molecule has 0 aliphatic carbocycles. The fourth-order valence-electron chi connectivity index (χ4n) is 3.14. The number of methoxy groups -OCH3 is 1. The molecule has 30 heavy (non-hydrogen) atoms. The van der Waals surface area contributed by atoms with E-state index in [1.165, 1.54) is 0 Å². The summed E-state index contributed by atoms with van der Waals surface area (Å²) in [6.07, 6.45) is 0. The molecule has 1 heterocycles. The van der Waals surface area contributed by atoms with Crippen LogP contribution in [0.15, 0.2) is 69.9 Å². The summed E-state index contributed by atoms with van der Waals surface area (Å²) in [6, 6.07) is 17.9. The maximum absolute atomic E-state index is 13.3. The fraction of sp³-hybridized carbons (Fsp3) is 0.125. The van der Waals surface area contributed by atoms with E-state index < -0.39 is 0 Å². The summed E-state index contributed by atoms with van der Waals surface area (Å²) in [7, 11) is 1.60. The lowest BCUT2D eigenvalue weighted by Gasteiger charge is -2.13. The molecule has 0 saturated heterocycles. The van der Waals surface area contributed by atoms with Crippen LogP contribution >= 0.6 is 23.2 Å². The van der Waals surface area contributed by atoms with Crippen molar-refractivity contribution in [2.24, 2.45) is 0 Å². The van der Waals surface area contributed by atoms with Gasteiger partial charge in [-0.3, -0.25) is 4.79 Å². The second-order valence-corrected chi connectivity index (χ2v) is 7.69. The van der Waals surface area contributed by atoms with Gasteiger partial charge in [0, 0.05) is 21.2 Å². The van der Waals surface area contributed by atoms with Crippen LogP contribution in [0.5, 0.6) is 11.5 Å². The van der Waals surface area contributed by atoms with Gasteiger partial charge < -0.3 is 13.9 Å². The number of rotatable bonds is 5. The quantitative estimate of drug-likeness (QED) is 0.347. The first-order valence-corrected chi connectivity index (χ1v) is 10.0. The molecule has 3 aromatic carbocycles. The van der Waals surface area contributed by atoms with Crippen LogP contribution < -0.4 is 14.9 Å². The van der Waals surface area contributed by atoms with Crippen LogP contribution in [0, 0.1) is 6.92 Å². The Morgan fingerprint density at radius 1 is 0.967 bits per heavy atom. The van der Waals surface area contributed by atoms with Crippen molar-refractivity contribution in [2.75, 3.05) is 7.11 Å². The standard InChI is InChI=1S/C24H18Cl2O4/c1-14-3-10-21-19(11-14)22(27)24(29-13-16-4-7-17(25)12-20(16)26)23(30-21)15-5-8-18(28-2)9-6-15/h3-12H,13H2,1-2H3. The van der Waals surface area contributed by atoms with Crippen LogP contribution in [0.2, 0.25) is 10.0 Å². The third kappa shape index (κ3) is 4.02. The third-order valence-corrected chi connectivity index (χ3v) is 5.33. The summed E-state index contributed by atoms with van der Waals surface area (Å²) in [5.41, 5.74) is 2.63. The first-order chi connectivity index (χ1) is 14.5. The van der Waals surface area contributed by atoms with Gasteiger partial charge in [0.15, 0.2) is 5.76 Å². The van der Waals surface area contributed by atoms with E-state index in [0.717, 1.165) is 5.56 Å². The SMILES string of the molecule is COc1ccc(-c2oc3ccc(C)cc3c(=O)c2OCc2ccc(Cl)cc2Cl)cc1. The van der Waals surface area contributed by atoms with E-state index in [0.29, 0.717) is 43.7 Å².